The number of benzene rings is 1. The van der Waals surface area contributed by atoms with E-state index in [-0.39, 0.29) is 11.4 Å². The van der Waals surface area contributed by atoms with Crippen LogP contribution in [-0.2, 0) is 5.41 Å². The van der Waals surface area contributed by atoms with Gasteiger partial charge in [-0.3, -0.25) is 4.79 Å². The third kappa shape index (κ3) is 3.02. The number of pyridine rings is 1. The minimum absolute atomic E-state index is 0.0320. The smallest absolute Gasteiger partial charge is 0.255 e. The van der Waals surface area contributed by atoms with E-state index in [1.165, 1.54) is 50.3 Å². The molecule has 4 fully saturated rings. The molecule has 2 aromatic rings. The maximum Gasteiger partial charge on any atom is 0.255 e. The van der Waals surface area contributed by atoms with Crippen molar-refractivity contribution in [3.63, 3.8) is 0 Å². The fourth-order valence-electron chi connectivity index (χ4n) is 6.20. The molecule has 4 nitrogen and oxygen atoms in total. The molecule has 4 aliphatic carbocycles. The summed E-state index contributed by atoms with van der Waals surface area (Å²) in [4.78, 5) is 15.3. The maximum atomic E-state index is 14.2. The fraction of sp³-hybridized carbons (Fsp3) is 0.478. The van der Waals surface area contributed by atoms with Crippen molar-refractivity contribution < 1.29 is 19.0 Å². The highest BCUT2D eigenvalue weighted by Crippen LogP contribution is 2.60. The summed E-state index contributed by atoms with van der Waals surface area (Å²) in [5.41, 5.74) is 1.74. The first-order valence-electron chi connectivity index (χ1n) is 10.1. The van der Waals surface area contributed by atoms with Crippen molar-refractivity contribution in [1.82, 2.24) is 4.98 Å². The minimum atomic E-state index is -0.718. The van der Waals surface area contributed by atoms with Gasteiger partial charge in [0.05, 0.1) is 0 Å². The zero-order valence-corrected chi connectivity index (χ0v) is 15.7. The first-order valence-corrected chi connectivity index (χ1v) is 10.1. The van der Waals surface area contributed by atoms with E-state index in [0.29, 0.717) is 11.2 Å². The fourth-order valence-corrected chi connectivity index (χ4v) is 6.20. The van der Waals surface area contributed by atoms with E-state index < -0.39 is 18.2 Å². The Kier molecular flexibility index (Phi) is 4.23. The predicted octanol–water partition coefficient (Wildman–Crippen LogP) is 4.66. The lowest BCUT2D eigenvalue weighted by molar-refractivity contribution is -0.00520. The number of aromatic nitrogens is 1. The Morgan fingerprint density at radius 3 is 2.25 bits per heavy atom. The molecule has 1 aromatic heterocycles. The first-order chi connectivity index (χ1) is 13.5. The summed E-state index contributed by atoms with van der Waals surface area (Å²) in [5.74, 6) is 1.74. The number of hydrogen-bond donors (Lipinski definition) is 1. The van der Waals surface area contributed by atoms with Gasteiger partial charge >= 0.3 is 0 Å². The second-order valence-electron chi connectivity index (χ2n) is 8.92. The van der Waals surface area contributed by atoms with Crippen LogP contribution in [-0.4, -0.2) is 22.5 Å². The molecule has 0 spiro atoms. The van der Waals surface area contributed by atoms with E-state index >= 15 is 0 Å². The molecule has 146 valence electrons. The third-order valence-electron chi connectivity index (χ3n) is 6.99. The Morgan fingerprint density at radius 2 is 1.71 bits per heavy atom. The average molecular weight is 381 g/mol. The zero-order chi connectivity index (χ0) is 19.3. The van der Waals surface area contributed by atoms with E-state index in [1.807, 2.05) is 12.1 Å². The van der Waals surface area contributed by atoms with Crippen LogP contribution in [0, 0.1) is 23.6 Å². The first kappa shape index (κ1) is 17.8. The second-order valence-corrected chi connectivity index (χ2v) is 8.92. The van der Waals surface area contributed by atoms with E-state index in [1.54, 1.807) is 0 Å². The molecule has 0 amide bonds. The molecule has 1 heterocycles. The lowest BCUT2D eigenvalue weighted by Crippen LogP contribution is -2.48. The van der Waals surface area contributed by atoms with Gasteiger partial charge in [0.25, 0.3) is 5.88 Å². The summed E-state index contributed by atoms with van der Waals surface area (Å²) in [6, 6.07) is 9.09. The minimum Gasteiger partial charge on any atom is -0.436 e. The molecule has 5 heteroatoms. The number of ketones is 1. The normalized spacial score (nSPS) is 30.4. The highest BCUT2D eigenvalue weighted by atomic mass is 19.1. The van der Waals surface area contributed by atoms with Crippen LogP contribution in [0.25, 0.3) is 0 Å². The Labute approximate surface area is 163 Å². The molecular weight excluding hydrogens is 357 g/mol. The highest BCUT2D eigenvalue weighted by molar-refractivity contribution is 5.96. The van der Waals surface area contributed by atoms with Crippen LogP contribution < -0.4 is 4.74 Å². The molecule has 1 N–H and O–H groups in total. The molecule has 0 saturated heterocycles. The standard InChI is InChI=1S/C23H24FNO3/c24-20-8-17(21(27)13-26)12-25-22(20)28-19-3-1-18(2-4-19)23-9-14-5-15(10-23)7-16(6-14)11-23/h1-4,8,12,14-16,26H,5-7,9-11,13H2. The number of carbonyl (C=O) groups is 1. The third-order valence-corrected chi connectivity index (χ3v) is 6.99. The largest absolute Gasteiger partial charge is 0.436 e. The van der Waals surface area contributed by atoms with Crippen LogP contribution >= 0.6 is 0 Å². The summed E-state index contributed by atoms with van der Waals surface area (Å²) < 4.78 is 19.8. The van der Waals surface area contributed by atoms with E-state index in [0.717, 1.165) is 23.8 Å². The van der Waals surface area contributed by atoms with E-state index in [4.69, 9.17) is 9.84 Å². The summed E-state index contributed by atoms with van der Waals surface area (Å²) in [6.45, 7) is -0.674. The molecule has 28 heavy (non-hydrogen) atoms. The SMILES string of the molecule is O=C(CO)c1cnc(Oc2ccc(C34CC5CC(CC(C5)C3)C4)cc2)c(F)c1. The number of halogens is 1. The number of aliphatic hydroxyl groups is 1. The predicted molar refractivity (Wildman–Crippen MR) is 102 cm³/mol. The van der Waals surface area contributed by atoms with Crippen LogP contribution in [0.4, 0.5) is 4.39 Å². The Balaban J connectivity index is 1.34. The summed E-state index contributed by atoms with van der Waals surface area (Å²) in [7, 11) is 0. The van der Waals surface area contributed by atoms with Crippen LogP contribution in [0.2, 0.25) is 0 Å². The number of hydrogen-bond acceptors (Lipinski definition) is 4. The lowest BCUT2D eigenvalue weighted by atomic mass is 9.48. The second kappa shape index (κ2) is 6.66. The molecule has 0 atom stereocenters. The number of nitrogens with zero attached hydrogens (tertiary/aromatic N) is 1. The molecule has 0 radical (unpaired) electrons. The number of rotatable bonds is 5. The van der Waals surface area contributed by atoms with Gasteiger partial charge in [-0.2, -0.15) is 0 Å². The van der Waals surface area contributed by atoms with Gasteiger partial charge < -0.3 is 9.84 Å². The Bertz CT molecular complexity index is 873. The van der Waals surface area contributed by atoms with Crippen molar-refractivity contribution in [3.8, 4) is 11.6 Å². The van der Waals surface area contributed by atoms with Crippen molar-refractivity contribution in [2.75, 3.05) is 6.61 Å². The van der Waals surface area contributed by atoms with Gasteiger partial charge in [0.1, 0.15) is 12.4 Å². The van der Waals surface area contributed by atoms with E-state index in [2.05, 4.69) is 17.1 Å². The van der Waals surface area contributed by atoms with Gasteiger partial charge in [0.2, 0.25) is 0 Å². The summed E-state index contributed by atoms with van der Waals surface area (Å²) in [6.07, 6.45) is 9.38. The topological polar surface area (TPSA) is 59.4 Å². The molecule has 4 bridgehead atoms. The number of ether oxygens (including phenoxy) is 1. The summed E-state index contributed by atoms with van der Waals surface area (Å²) in [5, 5.41) is 8.87. The van der Waals surface area contributed by atoms with Crippen LogP contribution in [0.5, 0.6) is 11.6 Å². The molecule has 4 saturated carbocycles. The maximum absolute atomic E-state index is 14.2. The van der Waals surface area contributed by atoms with Crippen molar-refractivity contribution >= 4 is 5.78 Å². The van der Waals surface area contributed by atoms with Gasteiger partial charge in [0, 0.05) is 11.8 Å². The molecule has 1 aromatic carbocycles. The molecule has 0 aliphatic heterocycles. The van der Waals surface area contributed by atoms with Crippen LogP contribution in [0.1, 0.15) is 54.4 Å². The molecule has 6 rings (SSSR count). The molecule has 0 unspecified atom stereocenters. The lowest BCUT2D eigenvalue weighted by Gasteiger charge is -2.57. The average Bonchev–Trinajstić information content (AvgIpc) is 2.68. The van der Waals surface area contributed by atoms with Gasteiger partial charge in [-0.1, -0.05) is 12.1 Å². The monoisotopic (exact) mass is 381 g/mol. The van der Waals surface area contributed by atoms with Crippen LogP contribution in [0.15, 0.2) is 36.5 Å². The number of carbonyl (C=O) groups excluding carboxylic acids is 1. The van der Waals surface area contributed by atoms with Crippen LogP contribution in [0.3, 0.4) is 0 Å². The van der Waals surface area contributed by atoms with Gasteiger partial charge in [-0.05, 0) is 85.5 Å². The number of Topliss-reactive ketones (excluding diaryl/α,β-unsaturated/α-hetero) is 1. The Hall–Kier alpha value is -2.27. The van der Waals surface area contributed by atoms with Crippen molar-refractivity contribution in [1.29, 1.82) is 0 Å². The van der Waals surface area contributed by atoms with Crippen molar-refractivity contribution in [2.45, 2.75) is 43.9 Å². The van der Waals surface area contributed by atoms with Crippen molar-refractivity contribution in [2.24, 2.45) is 17.8 Å². The van der Waals surface area contributed by atoms with Gasteiger partial charge in [0.15, 0.2) is 11.6 Å². The van der Waals surface area contributed by atoms with Gasteiger partial charge in [-0.25, -0.2) is 9.37 Å². The quantitative estimate of drug-likeness (QED) is 0.766. The highest BCUT2D eigenvalue weighted by Gasteiger charge is 2.51. The zero-order valence-electron chi connectivity index (χ0n) is 15.7. The van der Waals surface area contributed by atoms with Crippen molar-refractivity contribution in [3.05, 3.63) is 53.5 Å². The van der Waals surface area contributed by atoms with E-state index in [9.17, 15) is 9.18 Å². The van der Waals surface area contributed by atoms with Gasteiger partial charge in [-0.15, -0.1) is 0 Å². The Morgan fingerprint density at radius 1 is 1.11 bits per heavy atom. The molecule has 4 aliphatic rings. The molecular formula is C23H24FNO3. The summed E-state index contributed by atoms with van der Waals surface area (Å²) >= 11 is 0. The number of aliphatic hydroxyl groups excluding tert-OH is 1.